The van der Waals surface area contributed by atoms with Gasteiger partial charge in [0.1, 0.15) is 0 Å². The van der Waals surface area contributed by atoms with E-state index in [4.69, 9.17) is 0 Å². The monoisotopic (exact) mass is 336 g/mol. The Hall–Kier alpha value is -0.530. The molecule has 0 unspecified atom stereocenters. The molecule has 1 aromatic heterocycles. The van der Waals surface area contributed by atoms with Gasteiger partial charge in [-0.3, -0.25) is 0 Å². The first kappa shape index (κ1) is 13.9. The fraction of sp³-hybridized carbons (Fsp3) is 0.545. The van der Waals surface area contributed by atoms with Crippen LogP contribution in [-0.4, -0.2) is 36.1 Å². The maximum absolute atomic E-state index is 13.5. The lowest BCUT2D eigenvalue weighted by atomic mass is 10.0. The van der Waals surface area contributed by atoms with Crippen molar-refractivity contribution in [1.29, 1.82) is 0 Å². The van der Waals surface area contributed by atoms with Crippen LogP contribution >= 0.6 is 15.9 Å². The Labute approximate surface area is 114 Å². The van der Waals surface area contributed by atoms with Crippen LogP contribution in [0.3, 0.4) is 0 Å². The third kappa shape index (κ3) is 2.73. The molecule has 0 N–H and O–H groups in total. The van der Waals surface area contributed by atoms with Crippen molar-refractivity contribution in [1.82, 2.24) is 9.29 Å². The van der Waals surface area contributed by atoms with Crippen molar-refractivity contribution in [2.24, 2.45) is 5.92 Å². The Balaban J connectivity index is 2.20. The number of hydrogen-bond donors (Lipinski definition) is 0. The van der Waals surface area contributed by atoms with Crippen molar-refractivity contribution in [3.8, 4) is 0 Å². The zero-order valence-corrected chi connectivity index (χ0v) is 12.1. The topological polar surface area (TPSA) is 50.3 Å². The van der Waals surface area contributed by atoms with E-state index in [1.54, 1.807) is 0 Å². The number of pyridine rings is 1. The van der Waals surface area contributed by atoms with Gasteiger partial charge in [-0.1, -0.05) is 15.9 Å². The second kappa shape index (κ2) is 5.63. The van der Waals surface area contributed by atoms with Crippen molar-refractivity contribution in [2.45, 2.75) is 17.9 Å². The summed E-state index contributed by atoms with van der Waals surface area (Å²) in [6.07, 6.45) is 2.87. The first-order valence-corrected chi connectivity index (χ1v) is 8.28. The van der Waals surface area contributed by atoms with E-state index in [0.29, 0.717) is 19.0 Å². The number of sulfonamides is 1. The molecule has 1 aliphatic rings. The highest BCUT2D eigenvalue weighted by atomic mass is 79.9. The quantitative estimate of drug-likeness (QED) is 0.793. The van der Waals surface area contributed by atoms with Crippen LogP contribution in [0.2, 0.25) is 0 Å². The van der Waals surface area contributed by atoms with Gasteiger partial charge in [0.05, 0.1) is 0 Å². The van der Waals surface area contributed by atoms with Gasteiger partial charge in [0, 0.05) is 24.6 Å². The number of hydrogen-bond acceptors (Lipinski definition) is 3. The average Bonchev–Trinajstić information content (AvgIpc) is 2.39. The van der Waals surface area contributed by atoms with Crippen molar-refractivity contribution in [2.75, 3.05) is 18.4 Å². The van der Waals surface area contributed by atoms with Crippen molar-refractivity contribution in [3.05, 3.63) is 24.1 Å². The number of aromatic nitrogens is 1. The van der Waals surface area contributed by atoms with E-state index in [9.17, 15) is 12.8 Å². The van der Waals surface area contributed by atoms with Gasteiger partial charge in [-0.2, -0.15) is 4.31 Å². The number of halogens is 2. The van der Waals surface area contributed by atoms with E-state index in [0.717, 1.165) is 24.2 Å². The molecule has 100 valence electrons. The zero-order valence-electron chi connectivity index (χ0n) is 9.72. The van der Waals surface area contributed by atoms with Gasteiger partial charge in [-0.25, -0.2) is 17.8 Å². The van der Waals surface area contributed by atoms with Crippen molar-refractivity contribution >= 4 is 26.0 Å². The third-order valence-electron chi connectivity index (χ3n) is 3.10. The molecule has 1 aromatic rings. The standard InChI is InChI=1S/C11H14BrFN2O2S/c12-8-9-3-6-15(7-4-9)18(16,17)11-10(13)2-1-5-14-11/h1-2,5,9H,3-4,6-8H2. The molecule has 1 fully saturated rings. The van der Waals surface area contributed by atoms with Gasteiger partial charge in [0.25, 0.3) is 10.0 Å². The minimum absolute atomic E-state index is 0.425. The van der Waals surface area contributed by atoms with E-state index in [2.05, 4.69) is 20.9 Å². The average molecular weight is 337 g/mol. The normalized spacial score (nSPS) is 19.0. The van der Waals surface area contributed by atoms with Gasteiger partial charge < -0.3 is 0 Å². The lowest BCUT2D eigenvalue weighted by Crippen LogP contribution is -2.39. The van der Waals surface area contributed by atoms with Crippen LogP contribution < -0.4 is 0 Å². The second-order valence-electron chi connectivity index (χ2n) is 4.29. The molecule has 0 bridgehead atoms. The first-order chi connectivity index (χ1) is 8.55. The molecular weight excluding hydrogens is 323 g/mol. The molecule has 0 aliphatic carbocycles. The largest absolute Gasteiger partial charge is 0.263 e. The molecule has 0 aromatic carbocycles. The Kier molecular flexibility index (Phi) is 4.34. The van der Waals surface area contributed by atoms with Gasteiger partial charge in [-0.05, 0) is 30.9 Å². The van der Waals surface area contributed by atoms with Crippen LogP contribution in [0, 0.1) is 11.7 Å². The van der Waals surface area contributed by atoms with Gasteiger partial charge in [0.15, 0.2) is 5.82 Å². The molecule has 0 radical (unpaired) electrons. The number of alkyl halides is 1. The maximum Gasteiger partial charge on any atom is 0.263 e. The summed E-state index contributed by atoms with van der Waals surface area (Å²) in [5.74, 6) is -0.301. The minimum atomic E-state index is -3.79. The highest BCUT2D eigenvalue weighted by Crippen LogP contribution is 2.24. The van der Waals surface area contributed by atoms with Crippen molar-refractivity contribution < 1.29 is 12.8 Å². The molecule has 0 spiro atoms. The highest BCUT2D eigenvalue weighted by Gasteiger charge is 2.31. The Morgan fingerprint density at radius 2 is 2.11 bits per heavy atom. The molecule has 1 saturated heterocycles. The molecule has 0 atom stereocenters. The first-order valence-electron chi connectivity index (χ1n) is 5.72. The third-order valence-corrected chi connectivity index (χ3v) is 5.85. The number of rotatable bonds is 3. The van der Waals surface area contributed by atoms with E-state index in [1.165, 1.54) is 16.6 Å². The van der Waals surface area contributed by atoms with Crippen LogP contribution in [0.25, 0.3) is 0 Å². The molecule has 7 heteroatoms. The summed E-state index contributed by atoms with van der Waals surface area (Å²) in [4.78, 5) is 3.65. The molecular formula is C11H14BrFN2O2S. The van der Waals surface area contributed by atoms with E-state index < -0.39 is 20.9 Å². The summed E-state index contributed by atoms with van der Waals surface area (Å²) >= 11 is 3.40. The van der Waals surface area contributed by atoms with Crippen LogP contribution in [0.4, 0.5) is 4.39 Å². The fourth-order valence-electron chi connectivity index (χ4n) is 1.99. The lowest BCUT2D eigenvalue weighted by molar-refractivity contribution is 0.290. The summed E-state index contributed by atoms with van der Waals surface area (Å²) in [5, 5.41) is 0.404. The lowest BCUT2D eigenvalue weighted by Gasteiger charge is -2.29. The van der Waals surface area contributed by atoms with Gasteiger partial charge in [-0.15, -0.1) is 0 Å². The second-order valence-corrected chi connectivity index (χ2v) is 6.79. The smallest absolute Gasteiger partial charge is 0.241 e. The van der Waals surface area contributed by atoms with Crippen LogP contribution in [0.5, 0.6) is 0 Å². The molecule has 18 heavy (non-hydrogen) atoms. The summed E-state index contributed by atoms with van der Waals surface area (Å²) < 4.78 is 39.3. The van der Waals surface area contributed by atoms with Crippen LogP contribution in [0.1, 0.15) is 12.8 Å². The maximum atomic E-state index is 13.5. The van der Waals surface area contributed by atoms with E-state index >= 15 is 0 Å². The number of nitrogens with zero attached hydrogens (tertiary/aromatic N) is 2. The molecule has 2 rings (SSSR count). The molecule has 0 amide bonds. The highest BCUT2D eigenvalue weighted by molar-refractivity contribution is 9.09. The summed E-state index contributed by atoms with van der Waals surface area (Å²) in [6.45, 7) is 0.850. The predicted octanol–water partition coefficient (Wildman–Crippen LogP) is 2.02. The summed E-state index contributed by atoms with van der Waals surface area (Å²) in [7, 11) is -3.79. The van der Waals surface area contributed by atoms with Gasteiger partial charge in [0.2, 0.25) is 5.03 Å². The SMILES string of the molecule is O=S(=O)(c1ncccc1F)N1CCC(CBr)CC1. The van der Waals surface area contributed by atoms with E-state index in [1.807, 2.05) is 0 Å². The number of piperidine rings is 1. The van der Waals surface area contributed by atoms with Crippen LogP contribution in [-0.2, 0) is 10.0 Å². The van der Waals surface area contributed by atoms with Crippen molar-refractivity contribution in [3.63, 3.8) is 0 Å². The summed E-state index contributed by atoms with van der Waals surface area (Å²) in [6, 6.07) is 2.50. The zero-order chi connectivity index (χ0) is 13.2. The molecule has 0 saturated carbocycles. The molecule has 2 heterocycles. The predicted molar refractivity (Wildman–Crippen MR) is 69.5 cm³/mol. The Morgan fingerprint density at radius 1 is 1.44 bits per heavy atom. The van der Waals surface area contributed by atoms with Crippen LogP contribution in [0.15, 0.2) is 23.4 Å². The molecule has 1 aliphatic heterocycles. The van der Waals surface area contributed by atoms with E-state index in [-0.39, 0.29) is 0 Å². The fourth-order valence-corrected chi connectivity index (χ4v) is 4.08. The Morgan fingerprint density at radius 3 is 2.67 bits per heavy atom. The van der Waals surface area contributed by atoms with Gasteiger partial charge >= 0.3 is 0 Å². The molecule has 4 nitrogen and oxygen atoms in total. The Bertz CT molecular complexity index is 516. The summed E-state index contributed by atoms with van der Waals surface area (Å²) in [5.41, 5.74) is 0. The minimum Gasteiger partial charge on any atom is -0.241 e.